The van der Waals surface area contributed by atoms with E-state index in [2.05, 4.69) is 5.32 Å². The van der Waals surface area contributed by atoms with Crippen LogP contribution in [0.2, 0.25) is 0 Å². The summed E-state index contributed by atoms with van der Waals surface area (Å²) in [6, 6.07) is 7.38. The second kappa shape index (κ2) is 8.03. The summed E-state index contributed by atoms with van der Waals surface area (Å²) in [5, 5.41) is 2.92. The van der Waals surface area contributed by atoms with Gasteiger partial charge in [0.25, 0.3) is 5.91 Å². The van der Waals surface area contributed by atoms with E-state index in [0.29, 0.717) is 17.7 Å². The lowest BCUT2D eigenvalue weighted by molar-refractivity contribution is -0.117. The van der Waals surface area contributed by atoms with Gasteiger partial charge in [-0.2, -0.15) is 11.8 Å². The first kappa shape index (κ1) is 17.3. The zero-order valence-electron chi connectivity index (χ0n) is 13.9. The Hall–Kier alpha value is -1.53. The summed E-state index contributed by atoms with van der Waals surface area (Å²) in [4.78, 5) is 26.7. The first-order valence-corrected chi connectivity index (χ1v) is 9.81. The van der Waals surface area contributed by atoms with Crippen molar-refractivity contribution >= 4 is 29.3 Å². The number of nitrogens with one attached hydrogen (secondary N) is 1. The molecule has 2 aliphatic rings. The number of nitrogens with two attached hydrogens (primary N) is 1. The Balaban J connectivity index is 1.60. The van der Waals surface area contributed by atoms with Crippen LogP contribution in [0.15, 0.2) is 24.3 Å². The normalized spacial score (nSPS) is 24.0. The van der Waals surface area contributed by atoms with Crippen molar-refractivity contribution in [1.82, 2.24) is 4.90 Å². The van der Waals surface area contributed by atoms with Crippen LogP contribution in [0.3, 0.4) is 0 Å². The zero-order chi connectivity index (χ0) is 16.9. The molecular formula is C18H25N3O2S. The summed E-state index contributed by atoms with van der Waals surface area (Å²) in [5.74, 6) is 2.29. The van der Waals surface area contributed by atoms with Crippen molar-refractivity contribution in [2.75, 3.05) is 29.9 Å². The number of anilines is 1. The number of thioether (sulfide) groups is 1. The molecule has 1 aliphatic carbocycles. The quantitative estimate of drug-likeness (QED) is 0.876. The fourth-order valence-corrected chi connectivity index (χ4v) is 4.35. The minimum absolute atomic E-state index is 0.0173. The van der Waals surface area contributed by atoms with Gasteiger partial charge >= 0.3 is 0 Å². The van der Waals surface area contributed by atoms with Crippen LogP contribution in [0.4, 0.5) is 5.69 Å². The molecule has 0 unspecified atom stereocenters. The van der Waals surface area contributed by atoms with Crippen molar-refractivity contribution in [3.05, 3.63) is 29.8 Å². The molecule has 0 aromatic heterocycles. The number of carbonyl (C=O) groups is 2. The highest BCUT2D eigenvalue weighted by Crippen LogP contribution is 2.27. The predicted molar refractivity (Wildman–Crippen MR) is 98.2 cm³/mol. The Bertz CT molecular complexity index is 602. The minimum atomic E-state index is -0.0173. The summed E-state index contributed by atoms with van der Waals surface area (Å²) < 4.78 is 0. The molecule has 1 saturated heterocycles. The molecule has 2 amide bonds. The standard InChI is InChI=1S/C18H25N3O2S/c19-16-6-2-3-13(16)12-17(22)20-15-5-1-4-14(11-15)18(23)21-7-9-24-10-8-21/h1,4-5,11,13,16H,2-3,6-10,12,19H2,(H,20,22)/t13-,16+/m0/s1. The molecule has 3 N–H and O–H groups in total. The Kier molecular flexibility index (Phi) is 5.79. The molecule has 3 rings (SSSR count). The molecule has 0 spiro atoms. The lowest BCUT2D eigenvalue weighted by atomic mass is 10.00. The third-order valence-corrected chi connectivity index (χ3v) is 5.80. The summed E-state index contributed by atoms with van der Waals surface area (Å²) in [5.41, 5.74) is 7.36. The second-order valence-corrected chi connectivity index (χ2v) is 7.82. The number of hydrogen-bond acceptors (Lipinski definition) is 4. The first-order chi connectivity index (χ1) is 11.6. The molecule has 5 nitrogen and oxygen atoms in total. The van der Waals surface area contributed by atoms with Gasteiger partial charge in [0, 0.05) is 48.3 Å². The summed E-state index contributed by atoms with van der Waals surface area (Å²) in [6.07, 6.45) is 3.61. The number of rotatable bonds is 4. The summed E-state index contributed by atoms with van der Waals surface area (Å²) in [7, 11) is 0. The van der Waals surface area contributed by atoms with E-state index in [1.54, 1.807) is 6.07 Å². The maximum Gasteiger partial charge on any atom is 0.253 e. The highest BCUT2D eigenvalue weighted by atomic mass is 32.2. The molecular weight excluding hydrogens is 322 g/mol. The molecule has 2 atom stereocenters. The van der Waals surface area contributed by atoms with E-state index in [9.17, 15) is 9.59 Å². The maximum atomic E-state index is 12.5. The SMILES string of the molecule is N[C@@H]1CCC[C@H]1CC(=O)Nc1cccc(C(=O)N2CCSCC2)c1. The monoisotopic (exact) mass is 347 g/mol. The van der Waals surface area contributed by atoms with Gasteiger partial charge in [-0.05, 0) is 37.0 Å². The highest BCUT2D eigenvalue weighted by molar-refractivity contribution is 7.99. The molecule has 1 aromatic rings. The van der Waals surface area contributed by atoms with Crippen molar-refractivity contribution in [2.45, 2.75) is 31.7 Å². The van der Waals surface area contributed by atoms with E-state index < -0.39 is 0 Å². The molecule has 0 bridgehead atoms. The van der Waals surface area contributed by atoms with E-state index in [-0.39, 0.29) is 23.8 Å². The number of nitrogens with zero attached hydrogens (tertiary/aromatic N) is 1. The number of carbonyl (C=O) groups excluding carboxylic acids is 2. The van der Waals surface area contributed by atoms with Crippen LogP contribution < -0.4 is 11.1 Å². The van der Waals surface area contributed by atoms with Crippen LogP contribution in [0.5, 0.6) is 0 Å². The molecule has 24 heavy (non-hydrogen) atoms. The van der Waals surface area contributed by atoms with Crippen molar-refractivity contribution in [3.63, 3.8) is 0 Å². The van der Waals surface area contributed by atoms with Crippen molar-refractivity contribution in [2.24, 2.45) is 11.7 Å². The average Bonchev–Trinajstić information content (AvgIpc) is 3.00. The summed E-state index contributed by atoms with van der Waals surface area (Å²) >= 11 is 1.88. The Morgan fingerprint density at radius 3 is 2.75 bits per heavy atom. The van der Waals surface area contributed by atoms with Gasteiger partial charge in [0.05, 0.1) is 0 Å². The van der Waals surface area contributed by atoms with Gasteiger partial charge in [-0.15, -0.1) is 0 Å². The fraction of sp³-hybridized carbons (Fsp3) is 0.556. The van der Waals surface area contributed by atoms with Crippen molar-refractivity contribution < 1.29 is 9.59 Å². The smallest absolute Gasteiger partial charge is 0.253 e. The van der Waals surface area contributed by atoms with Crippen molar-refractivity contribution in [3.8, 4) is 0 Å². The van der Waals surface area contributed by atoms with Crippen LogP contribution in [0, 0.1) is 5.92 Å². The Morgan fingerprint density at radius 1 is 1.25 bits per heavy atom. The average molecular weight is 347 g/mol. The van der Waals surface area contributed by atoms with Gasteiger partial charge in [0.1, 0.15) is 0 Å². The lowest BCUT2D eigenvalue weighted by Crippen LogP contribution is -2.37. The molecule has 0 radical (unpaired) electrons. The van der Waals surface area contributed by atoms with Crippen LogP contribution in [-0.4, -0.2) is 47.4 Å². The van der Waals surface area contributed by atoms with Gasteiger partial charge in [0.15, 0.2) is 0 Å². The van der Waals surface area contributed by atoms with Crippen LogP contribution in [0.1, 0.15) is 36.0 Å². The molecule has 6 heteroatoms. The first-order valence-electron chi connectivity index (χ1n) is 8.66. The second-order valence-electron chi connectivity index (χ2n) is 6.59. The predicted octanol–water partition coefficient (Wildman–Crippen LogP) is 2.33. The van der Waals surface area contributed by atoms with Crippen LogP contribution in [-0.2, 0) is 4.79 Å². The fourth-order valence-electron chi connectivity index (χ4n) is 3.45. The van der Waals surface area contributed by atoms with Gasteiger partial charge in [-0.1, -0.05) is 12.5 Å². The van der Waals surface area contributed by atoms with E-state index in [4.69, 9.17) is 5.73 Å². The molecule has 130 valence electrons. The Labute approximate surface area is 147 Å². The molecule has 2 fully saturated rings. The number of benzene rings is 1. The van der Waals surface area contributed by atoms with E-state index in [1.165, 1.54) is 0 Å². The molecule has 1 saturated carbocycles. The number of hydrogen-bond donors (Lipinski definition) is 2. The van der Waals surface area contributed by atoms with Crippen LogP contribution in [0.25, 0.3) is 0 Å². The minimum Gasteiger partial charge on any atom is -0.337 e. The number of amides is 2. The van der Waals surface area contributed by atoms with E-state index >= 15 is 0 Å². The Morgan fingerprint density at radius 2 is 2.04 bits per heavy atom. The van der Waals surface area contributed by atoms with E-state index in [1.807, 2.05) is 34.9 Å². The molecule has 1 heterocycles. The van der Waals surface area contributed by atoms with Gasteiger partial charge < -0.3 is 16.0 Å². The van der Waals surface area contributed by atoms with Gasteiger partial charge in [-0.3, -0.25) is 9.59 Å². The zero-order valence-corrected chi connectivity index (χ0v) is 14.7. The third-order valence-electron chi connectivity index (χ3n) is 4.86. The molecule has 1 aliphatic heterocycles. The highest BCUT2D eigenvalue weighted by Gasteiger charge is 2.26. The largest absolute Gasteiger partial charge is 0.337 e. The van der Waals surface area contributed by atoms with Gasteiger partial charge in [-0.25, -0.2) is 0 Å². The van der Waals surface area contributed by atoms with Crippen molar-refractivity contribution in [1.29, 1.82) is 0 Å². The lowest BCUT2D eigenvalue weighted by Gasteiger charge is -2.26. The molecule has 1 aromatic carbocycles. The summed E-state index contributed by atoms with van der Waals surface area (Å²) in [6.45, 7) is 1.58. The third kappa shape index (κ3) is 4.30. The van der Waals surface area contributed by atoms with E-state index in [0.717, 1.165) is 43.9 Å². The maximum absolute atomic E-state index is 12.5. The topological polar surface area (TPSA) is 75.4 Å². The van der Waals surface area contributed by atoms with Crippen LogP contribution >= 0.6 is 11.8 Å². The van der Waals surface area contributed by atoms with Gasteiger partial charge in [0.2, 0.25) is 5.91 Å².